The number of Topliss-reactive ketones (excluding diaryl/α,β-unsaturated/α-hetero) is 1. The highest BCUT2D eigenvalue weighted by Gasteiger charge is 2.13. The SMILES string of the molecule is CS(=O)(=O)c1cc(CC(=O)CBr)ccc1Cl. The van der Waals surface area contributed by atoms with E-state index < -0.39 is 9.84 Å². The van der Waals surface area contributed by atoms with Gasteiger partial charge < -0.3 is 0 Å². The zero-order valence-electron chi connectivity index (χ0n) is 8.54. The minimum absolute atomic E-state index is 0.0122. The Morgan fingerprint density at radius 2 is 2.06 bits per heavy atom. The number of halogens is 2. The summed E-state index contributed by atoms with van der Waals surface area (Å²) in [6, 6.07) is 4.59. The quantitative estimate of drug-likeness (QED) is 0.798. The third-order valence-corrected chi connectivity index (χ3v) is 4.15. The molecule has 0 aromatic heterocycles. The summed E-state index contributed by atoms with van der Waals surface area (Å²) in [5.74, 6) is -0.0122. The molecular weight excluding hydrogens is 316 g/mol. The number of hydrogen-bond donors (Lipinski definition) is 0. The number of benzene rings is 1. The molecular formula is C10H10BrClO3S. The van der Waals surface area contributed by atoms with E-state index in [1.165, 1.54) is 12.1 Å². The molecule has 0 bridgehead atoms. The molecule has 1 aromatic rings. The molecule has 3 nitrogen and oxygen atoms in total. The smallest absolute Gasteiger partial charge is 0.177 e. The highest BCUT2D eigenvalue weighted by Crippen LogP contribution is 2.22. The van der Waals surface area contributed by atoms with Gasteiger partial charge in [-0.1, -0.05) is 33.6 Å². The Morgan fingerprint density at radius 1 is 1.44 bits per heavy atom. The van der Waals surface area contributed by atoms with Gasteiger partial charge in [-0.25, -0.2) is 8.42 Å². The molecule has 0 atom stereocenters. The second-order valence-corrected chi connectivity index (χ2v) is 6.34. The summed E-state index contributed by atoms with van der Waals surface area (Å²) in [6.45, 7) is 0. The van der Waals surface area contributed by atoms with Crippen LogP contribution in [0.5, 0.6) is 0 Å². The van der Waals surface area contributed by atoms with Crippen molar-refractivity contribution in [2.45, 2.75) is 11.3 Å². The molecule has 6 heteroatoms. The Balaban J connectivity index is 3.13. The molecule has 0 fully saturated rings. The average Bonchev–Trinajstić information content (AvgIpc) is 2.19. The van der Waals surface area contributed by atoms with E-state index in [2.05, 4.69) is 15.9 Å². The third-order valence-electron chi connectivity index (χ3n) is 1.95. The maximum absolute atomic E-state index is 11.4. The number of sulfone groups is 1. The van der Waals surface area contributed by atoms with Gasteiger partial charge in [-0.3, -0.25) is 4.79 Å². The largest absolute Gasteiger partial charge is 0.298 e. The van der Waals surface area contributed by atoms with Gasteiger partial charge in [0.1, 0.15) is 5.78 Å². The summed E-state index contributed by atoms with van der Waals surface area (Å²) in [7, 11) is -3.35. The van der Waals surface area contributed by atoms with E-state index in [1.807, 2.05) is 0 Å². The first kappa shape index (κ1) is 13.7. The first-order chi connectivity index (χ1) is 7.34. The molecule has 1 aromatic carbocycles. The van der Waals surface area contributed by atoms with E-state index in [0.29, 0.717) is 5.56 Å². The summed E-state index contributed by atoms with van der Waals surface area (Å²) >= 11 is 8.83. The minimum Gasteiger partial charge on any atom is -0.298 e. The van der Waals surface area contributed by atoms with E-state index in [4.69, 9.17) is 11.6 Å². The molecule has 0 saturated carbocycles. The molecule has 0 heterocycles. The monoisotopic (exact) mass is 324 g/mol. The fraction of sp³-hybridized carbons (Fsp3) is 0.300. The Bertz CT molecular complexity index is 511. The van der Waals surface area contributed by atoms with Crippen LogP contribution in [0.1, 0.15) is 5.56 Å². The molecule has 0 radical (unpaired) electrons. The molecule has 0 aliphatic heterocycles. The third kappa shape index (κ3) is 3.57. The van der Waals surface area contributed by atoms with Gasteiger partial charge >= 0.3 is 0 Å². The van der Waals surface area contributed by atoms with Crippen LogP contribution in [-0.2, 0) is 21.1 Å². The van der Waals surface area contributed by atoms with E-state index >= 15 is 0 Å². The van der Waals surface area contributed by atoms with E-state index in [9.17, 15) is 13.2 Å². The van der Waals surface area contributed by atoms with Crippen molar-refractivity contribution in [1.82, 2.24) is 0 Å². The Hall–Kier alpha value is -0.390. The molecule has 0 amide bonds. The number of rotatable bonds is 4. The normalized spacial score (nSPS) is 11.4. The standard InChI is InChI=1S/C10H10BrClO3S/c1-16(14,15)10-5-7(2-3-9(10)12)4-8(13)6-11/h2-3,5H,4,6H2,1H3. The van der Waals surface area contributed by atoms with Gasteiger partial charge in [-0.05, 0) is 17.7 Å². The molecule has 0 aliphatic carbocycles. The summed E-state index contributed by atoms with van der Waals surface area (Å²) < 4.78 is 22.8. The summed E-state index contributed by atoms with van der Waals surface area (Å²) in [5, 5.41) is 0.432. The molecule has 0 N–H and O–H groups in total. The molecule has 0 unspecified atom stereocenters. The van der Waals surface area contributed by atoms with Crippen molar-refractivity contribution >= 4 is 43.2 Å². The number of hydrogen-bond acceptors (Lipinski definition) is 3. The fourth-order valence-corrected chi connectivity index (χ4v) is 2.74. The summed E-state index contributed by atoms with van der Waals surface area (Å²) in [6.07, 6.45) is 1.29. The predicted octanol–water partition coefficient (Wildman–Crippen LogP) is 2.25. The maximum Gasteiger partial charge on any atom is 0.177 e. The summed E-state index contributed by atoms with van der Waals surface area (Å²) in [4.78, 5) is 11.3. The van der Waals surface area contributed by atoms with E-state index in [-0.39, 0.29) is 27.5 Å². The van der Waals surface area contributed by atoms with Gasteiger partial charge in [0.2, 0.25) is 0 Å². The number of carbonyl (C=O) groups excluding carboxylic acids is 1. The fourth-order valence-electron chi connectivity index (χ4n) is 1.22. The van der Waals surface area contributed by atoms with Gasteiger partial charge in [-0.2, -0.15) is 0 Å². The lowest BCUT2D eigenvalue weighted by molar-refractivity contribution is -0.115. The first-order valence-corrected chi connectivity index (χ1v) is 7.80. The van der Waals surface area contributed by atoms with Crippen molar-refractivity contribution < 1.29 is 13.2 Å². The van der Waals surface area contributed by atoms with Crippen molar-refractivity contribution in [2.75, 3.05) is 11.6 Å². The van der Waals surface area contributed by atoms with Gasteiger partial charge in [0, 0.05) is 12.7 Å². The van der Waals surface area contributed by atoms with Crippen molar-refractivity contribution in [3.8, 4) is 0 Å². The molecule has 0 saturated heterocycles. The predicted molar refractivity (Wildman–Crippen MR) is 67.1 cm³/mol. The van der Waals surface area contributed by atoms with Gasteiger partial charge in [0.05, 0.1) is 15.2 Å². The zero-order valence-corrected chi connectivity index (χ0v) is 11.7. The number of alkyl halides is 1. The van der Waals surface area contributed by atoms with E-state index in [0.717, 1.165) is 6.26 Å². The van der Waals surface area contributed by atoms with E-state index in [1.54, 1.807) is 6.07 Å². The second kappa shape index (κ2) is 5.29. The Labute approximate surface area is 108 Å². The van der Waals surface area contributed by atoms with Crippen LogP contribution in [0.2, 0.25) is 5.02 Å². The molecule has 88 valence electrons. The van der Waals surface area contributed by atoms with Crippen LogP contribution in [0.3, 0.4) is 0 Å². The van der Waals surface area contributed by atoms with Gasteiger partial charge in [0.15, 0.2) is 9.84 Å². The van der Waals surface area contributed by atoms with Crippen LogP contribution in [0, 0.1) is 0 Å². The van der Waals surface area contributed by atoms with Gasteiger partial charge in [-0.15, -0.1) is 0 Å². The Kier molecular flexibility index (Phi) is 4.52. The average molecular weight is 326 g/mol. The lowest BCUT2D eigenvalue weighted by atomic mass is 10.1. The van der Waals surface area contributed by atoms with Gasteiger partial charge in [0.25, 0.3) is 0 Å². The van der Waals surface area contributed by atoms with Crippen LogP contribution in [-0.4, -0.2) is 25.8 Å². The first-order valence-electron chi connectivity index (χ1n) is 4.40. The topological polar surface area (TPSA) is 51.2 Å². The number of ketones is 1. The van der Waals surface area contributed by atoms with Crippen LogP contribution >= 0.6 is 27.5 Å². The molecule has 1 rings (SSSR count). The van der Waals surface area contributed by atoms with Crippen LogP contribution in [0.4, 0.5) is 0 Å². The zero-order chi connectivity index (χ0) is 12.3. The van der Waals surface area contributed by atoms with Crippen molar-refractivity contribution in [3.63, 3.8) is 0 Å². The Morgan fingerprint density at radius 3 is 2.56 bits per heavy atom. The second-order valence-electron chi connectivity index (χ2n) is 3.39. The van der Waals surface area contributed by atoms with Crippen molar-refractivity contribution in [3.05, 3.63) is 28.8 Å². The van der Waals surface area contributed by atoms with Crippen molar-refractivity contribution in [1.29, 1.82) is 0 Å². The number of carbonyl (C=O) groups is 1. The van der Waals surface area contributed by atoms with Crippen molar-refractivity contribution in [2.24, 2.45) is 0 Å². The highest BCUT2D eigenvalue weighted by molar-refractivity contribution is 9.09. The maximum atomic E-state index is 11.4. The lowest BCUT2D eigenvalue weighted by Crippen LogP contribution is -2.05. The molecule has 16 heavy (non-hydrogen) atoms. The minimum atomic E-state index is -3.35. The van der Waals surface area contributed by atoms with Crippen LogP contribution < -0.4 is 0 Å². The van der Waals surface area contributed by atoms with Crippen LogP contribution in [0.25, 0.3) is 0 Å². The summed E-state index contributed by atoms with van der Waals surface area (Å²) in [5.41, 5.74) is 0.647. The lowest BCUT2D eigenvalue weighted by Gasteiger charge is -2.05. The molecule has 0 aliphatic rings. The molecule has 0 spiro atoms. The highest BCUT2D eigenvalue weighted by atomic mass is 79.9. The van der Waals surface area contributed by atoms with Crippen LogP contribution in [0.15, 0.2) is 23.1 Å².